The van der Waals surface area contributed by atoms with E-state index >= 15 is 0 Å². The van der Waals surface area contributed by atoms with E-state index in [1.165, 1.54) is 29.3 Å². The van der Waals surface area contributed by atoms with Crippen LogP contribution < -0.4 is 20.1 Å². The summed E-state index contributed by atoms with van der Waals surface area (Å²) in [6, 6.07) is 7.16. The van der Waals surface area contributed by atoms with E-state index in [4.69, 9.17) is 19.3 Å². The first-order valence-corrected chi connectivity index (χ1v) is 14.5. The first kappa shape index (κ1) is 32.0. The number of amides is 1. The number of carbonyl (C=O) groups is 1. The normalized spacial score (nSPS) is 14.8. The molecule has 1 aliphatic heterocycles. The Bertz CT molecular complexity index is 1600. The molecule has 2 aromatic carbocycles. The number of aliphatic hydroxyl groups is 1. The number of carbonyl (C=O) groups excluding carboxylic acids is 1. The Morgan fingerprint density at radius 3 is 2.71 bits per heavy atom. The molecule has 45 heavy (non-hydrogen) atoms. The second kappa shape index (κ2) is 15.0. The van der Waals surface area contributed by atoms with E-state index in [1.54, 1.807) is 25.4 Å². The molecular formula is C30H36F2N8O5. The van der Waals surface area contributed by atoms with E-state index in [9.17, 15) is 13.6 Å². The fraction of sp³-hybridized carbons (Fsp3) is 0.400. The number of methoxy groups -OCH3 is 1. The molecule has 0 aliphatic carbocycles. The average molecular weight is 627 g/mol. The van der Waals surface area contributed by atoms with E-state index in [1.807, 2.05) is 6.92 Å². The summed E-state index contributed by atoms with van der Waals surface area (Å²) in [6.45, 7) is 6.87. The average Bonchev–Trinajstić information content (AvgIpc) is 3.48. The summed E-state index contributed by atoms with van der Waals surface area (Å²) in [5.74, 6) is -1.16. The number of fused-ring (bicyclic) bond motifs is 1. The van der Waals surface area contributed by atoms with Gasteiger partial charge in [0.2, 0.25) is 5.91 Å². The number of hydrogen-bond acceptors (Lipinski definition) is 11. The number of nitrogens with one attached hydrogen (secondary N) is 2. The van der Waals surface area contributed by atoms with Crippen LogP contribution in [0.25, 0.3) is 10.9 Å². The Balaban J connectivity index is 1.17. The molecule has 240 valence electrons. The molecule has 13 nitrogen and oxygen atoms in total. The highest BCUT2D eigenvalue weighted by Crippen LogP contribution is 2.34. The third-order valence-corrected chi connectivity index (χ3v) is 7.38. The van der Waals surface area contributed by atoms with Crippen molar-refractivity contribution in [2.24, 2.45) is 0 Å². The molecule has 0 spiro atoms. The van der Waals surface area contributed by atoms with Gasteiger partial charge >= 0.3 is 0 Å². The van der Waals surface area contributed by atoms with E-state index in [-0.39, 0.29) is 25.1 Å². The van der Waals surface area contributed by atoms with Gasteiger partial charge in [-0.1, -0.05) is 6.07 Å². The lowest BCUT2D eigenvalue weighted by Gasteiger charge is -2.37. The van der Waals surface area contributed by atoms with E-state index in [2.05, 4.69) is 35.5 Å². The molecule has 1 aliphatic rings. The Morgan fingerprint density at radius 2 is 1.93 bits per heavy atom. The number of hydrogen-bond donors (Lipinski definition) is 3. The van der Waals surface area contributed by atoms with Gasteiger partial charge in [-0.2, -0.15) is 5.10 Å². The lowest BCUT2D eigenvalue weighted by molar-refractivity contribution is -0.116. The summed E-state index contributed by atoms with van der Waals surface area (Å²) in [7, 11) is 1.56. The first-order valence-electron chi connectivity index (χ1n) is 14.5. The van der Waals surface area contributed by atoms with Crippen LogP contribution in [0.2, 0.25) is 0 Å². The van der Waals surface area contributed by atoms with Crippen LogP contribution in [0, 0.1) is 11.6 Å². The number of benzene rings is 2. The molecule has 4 aromatic rings. The number of ether oxygens (including phenoxy) is 3. The molecule has 1 fully saturated rings. The molecule has 1 saturated heterocycles. The van der Waals surface area contributed by atoms with Gasteiger partial charge < -0.3 is 30.0 Å². The van der Waals surface area contributed by atoms with Crippen molar-refractivity contribution in [1.29, 1.82) is 0 Å². The molecule has 5 rings (SSSR count). The smallest absolute Gasteiger partial charge is 0.246 e. The summed E-state index contributed by atoms with van der Waals surface area (Å²) < 4.78 is 46.0. The van der Waals surface area contributed by atoms with E-state index in [0.717, 1.165) is 38.8 Å². The third-order valence-electron chi connectivity index (χ3n) is 7.38. The van der Waals surface area contributed by atoms with Crippen molar-refractivity contribution in [3.05, 3.63) is 60.7 Å². The van der Waals surface area contributed by atoms with E-state index in [0.29, 0.717) is 47.1 Å². The number of aromatic nitrogens is 4. The molecule has 0 saturated carbocycles. The minimum absolute atomic E-state index is 0.0168. The number of anilines is 3. The maximum Gasteiger partial charge on any atom is 0.246 e. The zero-order valence-corrected chi connectivity index (χ0v) is 25.1. The van der Waals surface area contributed by atoms with Gasteiger partial charge in [-0.15, -0.1) is 0 Å². The zero-order chi connectivity index (χ0) is 31.8. The first-order chi connectivity index (χ1) is 21.8. The van der Waals surface area contributed by atoms with Gasteiger partial charge in [0, 0.05) is 50.4 Å². The third kappa shape index (κ3) is 8.19. The van der Waals surface area contributed by atoms with Crippen LogP contribution in [0.5, 0.6) is 11.5 Å². The Hall–Kier alpha value is -4.44. The van der Waals surface area contributed by atoms with E-state index < -0.39 is 17.5 Å². The van der Waals surface area contributed by atoms with Crippen LogP contribution in [0.4, 0.5) is 26.0 Å². The van der Waals surface area contributed by atoms with Gasteiger partial charge in [-0.25, -0.2) is 18.7 Å². The standard InChI is InChI=1S/C30H36F2N8O5/c1-20(44-13-11-41)39-8-6-38(7-9-39)10-12-45-27-15-25-22(14-26(27)43-2)30(34-19-33-25)36-21-16-35-40(17-21)18-28(42)37-24-5-3-4-23(31)29(24)32/h3-5,14-17,19-20,41H,6-13,18H2,1-2H3,(H,37,42)(H,33,34,36). The lowest BCUT2D eigenvalue weighted by Crippen LogP contribution is -2.51. The highest BCUT2D eigenvalue weighted by atomic mass is 19.2. The fourth-order valence-corrected chi connectivity index (χ4v) is 4.99. The molecule has 3 heterocycles. The highest BCUT2D eigenvalue weighted by molar-refractivity contribution is 5.93. The van der Waals surface area contributed by atoms with Crippen molar-refractivity contribution in [1.82, 2.24) is 29.5 Å². The second-order valence-corrected chi connectivity index (χ2v) is 10.4. The van der Waals surface area contributed by atoms with Gasteiger partial charge in [-0.05, 0) is 25.1 Å². The van der Waals surface area contributed by atoms with Crippen molar-refractivity contribution in [2.75, 3.05) is 70.3 Å². The van der Waals surface area contributed by atoms with Crippen LogP contribution in [-0.2, 0) is 16.1 Å². The second-order valence-electron chi connectivity index (χ2n) is 10.4. The van der Waals surface area contributed by atoms with Crippen LogP contribution in [0.1, 0.15) is 6.92 Å². The number of piperazine rings is 1. The fourth-order valence-electron chi connectivity index (χ4n) is 4.99. The summed E-state index contributed by atoms with van der Waals surface area (Å²) in [6.07, 6.45) is 4.51. The van der Waals surface area contributed by atoms with Crippen LogP contribution in [0.15, 0.2) is 49.1 Å². The highest BCUT2D eigenvalue weighted by Gasteiger charge is 2.21. The van der Waals surface area contributed by atoms with Gasteiger partial charge in [-0.3, -0.25) is 19.3 Å². The summed E-state index contributed by atoms with van der Waals surface area (Å²) >= 11 is 0. The molecule has 1 atom stereocenters. The SMILES string of the molecule is COc1cc2c(Nc3cnn(CC(=O)Nc4cccc(F)c4F)c3)ncnc2cc1OCCN1CCN(C(C)OCCO)CC1. The van der Waals surface area contributed by atoms with Crippen LogP contribution in [0.3, 0.4) is 0 Å². The maximum absolute atomic E-state index is 13.9. The Kier molecular flexibility index (Phi) is 10.7. The lowest BCUT2D eigenvalue weighted by atomic mass is 10.2. The predicted octanol–water partition coefficient (Wildman–Crippen LogP) is 2.85. The van der Waals surface area contributed by atoms with Crippen molar-refractivity contribution in [2.45, 2.75) is 19.7 Å². The molecule has 15 heteroatoms. The van der Waals surface area contributed by atoms with Gasteiger partial charge in [0.1, 0.15) is 31.5 Å². The quantitative estimate of drug-likeness (QED) is 0.190. The van der Waals surface area contributed by atoms with Gasteiger partial charge in [0.25, 0.3) is 0 Å². The number of nitrogens with zero attached hydrogens (tertiary/aromatic N) is 6. The molecule has 1 unspecified atom stereocenters. The molecule has 0 bridgehead atoms. The van der Waals surface area contributed by atoms with Crippen molar-refractivity contribution in [3.63, 3.8) is 0 Å². The monoisotopic (exact) mass is 626 g/mol. The summed E-state index contributed by atoms with van der Waals surface area (Å²) in [5, 5.41) is 19.4. The van der Waals surface area contributed by atoms with Gasteiger partial charge in [0.15, 0.2) is 23.1 Å². The minimum atomic E-state index is -1.13. The molecule has 2 aromatic heterocycles. The molecule has 0 radical (unpaired) electrons. The van der Waals surface area contributed by atoms with Gasteiger partial charge in [0.05, 0.1) is 43.4 Å². The van der Waals surface area contributed by atoms with Crippen molar-refractivity contribution in [3.8, 4) is 11.5 Å². The molecular weight excluding hydrogens is 590 g/mol. The predicted molar refractivity (Wildman–Crippen MR) is 163 cm³/mol. The number of aliphatic hydroxyl groups excluding tert-OH is 1. The topological polar surface area (TPSA) is 139 Å². The molecule has 3 N–H and O–H groups in total. The summed E-state index contributed by atoms with van der Waals surface area (Å²) in [5.41, 5.74) is 0.940. The summed E-state index contributed by atoms with van der Waals surface area (Å²) in [4.78, 5) is 25.7. The maximum atomic E-state index is 13.9. The Labute approximate surface area is 258 Å². The van der Waals surface area contributed by atoms with Crippen molar-refractivity contribution < 1.29 is 32.9 Å². The minimum Gasteiger partial charge on any atom is -0.493 e. The van der Waals surface area contributed by atoms with Crippen LogP contribution >= 0.6 is 0 Å². The Morgan fingerprint density at radius 1 is 1.11 bits per heavy atom. The largest absolute Gasteiger partial charge is 0.493 e. The van der Waals surface area contributed by atoms with Crippen molar-refractivity contribution >= 4 is 34.0 Å². The zero-order valence-electron chi connectivity index (χ0n) is 25.1. The van der Waals surface area contributed by atoms with Crippen LogP contribution in [-0.4, -0.2) is 106 Å². The number of rotatable bonds is 14. The number of halogens is 2. The molecule has 1 amide bonds.